The van der Waals surface area contributed by atoms with E-state index >= 15 is 0 Å². The van der Waals surface area contributed by atoms with Crippen molar-refractivity contribution in [2.75, 3.05) is 11.9 Å². The fraction of sp³-hybridized carbons (Fsp3) is 0.235. The Balaban J connectivity index is 2.15. The molecule has 1 heterocycles. The van der Waals surface area contributed by atoms with E-state index in [1.165, 1.54) is 28.8 Å². The topological polar surface area (TPSA) is 35.8 Å². The van der Waals surface area contributed by atoms with Crippen LogP contribution in [0.1, 0.15) is 23.1 Å². The van der Waals surface area contributed by atoms with Crippen LogP contribution in [0.15, 0.2) is 36.4 Å². The van der Waals surface area contributed by atoms with E-state index in [0.717, 1.165) is 24.1 Å². The van der Waals surface area contributed by atoms with Crippen LogP contribution in [-0.2, 0) is 6.42 Å². The lowest BCUT2D eigenvalue weighted by molar-refractivity contribution is 0.832. The Labute approximate surface area is 113 Å². The van der Waals surface area contributed by atoms with E-state index in [2.05, 4.69) is 42.6 Å². The third-order valence-electron chi connectivity index (χ3n) is 3.74. The summed E-state index contributed by atoms with van der Waals surface area (Å²) in [7, 11) is 0. The van der Waals surface area contributed by atoms with Gasteiger partial charge in [-0.2, -0.15) is 5.26 Å². The van der Waals surface area contributed by atoms with E-state index in [9.17, 15) is 0 Å². The van der Waals surface area contributed by atoms with Crippen molar-refractivity contribution in [3.05, 3.63) is 53.1 Å². The van der Waals surface area contributed by atoms with Gasteiger partial charge in [0.05, 0.1) is 11.6 Å². The Hall–Kier alpha value is -2.27. The van der Waals surface area contributed by atoms with Crippen LogP contribution in [0.5, 0.6) is 0 Å². The maximum absolute atomic E-state index is 8.96. The zero-order valence-corrected chi connectivity index (χ0v) is 11.0. The zero-order valence-electron chi connectivity index (χ0n) is 11.0. The lowest BCUT2D eigenvalue weighted by atomic mass is 9.90. The van der Waals surface area contributed by atoms with E-state index < -0.39 is 0 Å². The third kappa shape index (κ3) is 2.08. The molecule has 0 aliphatic carbocycles. The summed E-state index contributed by atoms with van der Waals surface area (Å²) in [5, 5.41) is 12.4. The monoisotopic (exact) mass is 248 g/mol. The smallest absolute Gasteiger partial charge is 0.0991 e. The number of rotatable bonds is 1. The molecule has 2 aromatic carbocycles. The van der Waals surface area contributed by atoms with Crippen molar-refractivity contribution in [3.63, 3.8) is 0 Å². The van der Waals surface area contributed by atoms with Crippen LogP contribution in [-0.4, -0.2) is 6.54 Å². The number of fused-ring (bicyclic) bond motifs is 1. The van der Waals surface area contributed by atoms with Crippen molar-refractivity contribution in [1.82, 2.24) is 0 Å². The number of benzene rings is 2. The predicted molar refractivity (Wildman–Crippen MR) is 78.1 cm³/mol. The Bertz CT molecular complexity index is 665. The summed E-state index contributed by atoms with van der Waals surface area (Å²) in [6.07, 6.45) is 2.30. The minimum atomic E-state index is 0.726. The summed E-state index contributed by atoms with van der Waals surface area (Å²) in [5.74, 6) is 0. The summed E-state index contributed by atoms with van der Waals surface area (Å²) < 4.78 is 0. The number of hydrogen-bond acceptors (Lipinski definition) is 2. The van der Waals surface area contributed by atoms with Gasteiger partial charge in [-0.05, 0) is 60.2 Å². The van der Waals surface area contributed by atoms with Gasteiger partial charge in [0.1, 0.15) is 0 Å². The van der Waals surface area contributed by atoms with Crippen molar-refractivity contribution in [2.24, 2.45) is 0 Å². The first-order chi connectivity index (χ1) is 9.29. The molecule has 2 nitrogen and oxygen atoms in total. The van der Waals surface area contributed by atoms with E-state index in [-0.39, 0.29) is 0 Å². The SMILES string of the molecule is Cc1cc(C#N)ccc1-c1cccc2c1CCCN2. The molecule has 1 N–H and O–H groups in total. The summed E-state index contributed by atoms with van der Waals surface area (Å²) in [6.45, 7) is 3.13. The van der Waals surface area contributed by atoms with Crippen LogP contribution in [0.4, 0.5) is 5.69 Å². The summed E-state index contributed by atoms with van der Waals surface area (Å²) >= 11 is 0. The van der Waals surface area contributed by atoms with Gasteiger partial charge in [-0.15, -0.1) is 0 Å². The molecule has 0 saturated heterocycles. The van der Waals surface area contributed by atoms with Gasteiger partial charge < -0.3 is 5.32 Å². The van der Waals surface area contributed by atoms with Crippen molar-refractivity contribution in [3.8, 4) is 17.2 Å². The van der Waals surface area contributed by atoms with E-state index in [1.54, 1.807) is 0 Å². The minimum absolute atomic E-state index is 0.726. The second-order valence-electron chi connectivity index (χ2n) is 5.00. The van der Waals surface area contributed by atoms with Crippen LogP contribution in [0, 0.1) is 18.3 Å². The molecule has 1 aliphatic rings. The quantitative estimate of drug-likeness (QED) is 0.831. The molecule has 0 amide bonds. The van der Waals surface area contributed by atoms with Gasteiger partial charge in [0.25, 0.3) is 0 Å². The van der Waals surface area contributed by atoms with Crippen molar-refractivity contribution >= 4 is 5.69 Å². The molecule has 0 atom stereocenters. The van der Waals surface area contributed by atoms with Gasteiger partial charge in [-0.3, -0.25) is 0 Å². The van der Waals surface area contributed by atoms with Gasteiger partial charge >= 0.3 is 0 Å². The van der Waals surface area contributed by atoms with Gasteiger partial charge in [0, 0.05) is 12.2 Å². The minimum Gasteiger partial charge on any atom is -0.385 e. The molecule has 0 saturated carbocycles. The summed E-state index contributed by atoms with van der Waals surface area (Å²) in [6, 6.07) is 14.6. The molecule has 0 unspecified atom stereocenters. The Morgan fingerprint density at radius 1 is 1.16 bits per heavy atom. The molecular formula is C17H16N2. The molecule has 2 aromatic rings. The van der Waals surface area contributed by atoms with E-state index in [0.29, 0.717) is 0 Å². The molecule has 2 heteroatoms. The third-order valence-corrected chi connectivity index (χ3v) is 3.74. The standard InChI is InChI=1S/C17H16N2/c1-12-10-13(11-18)7-8-14(12)15-4-2-6-17-16(15)5-3-9-19-17/h2,4,6-8,10,19H,3,5,9H2,1H3. The molecule has 0 spiro atoms. The molecule has 19 heavy (non-hydrogen) atoms. The van der Waals surface area contributed by atoms with E-state index in [1.807, 2.05) is 12.1 Å². The fourth-order valence-electron chi connectivity index (χ4n) is 2.80. The van der Waals surface area contributed by atoms with Gasteiger partial charge in [-0.1, -0.05) is 18.2 Å². The average molecular weight is 248 g/mol. The van der Waals surface area contributed by atoms with Crippen LogP contribution >= 0.6 is 0 Å². The Morgan fingerprint density at radius 3 is 2.84 bits per heavy atom. The Kier molecular flexibility index (Phi) is 2.97. The first-order valence-electron chi connectivity index (χ1n) is 6.66. The van der Waals surface area contributed by atoms with Crippen molar-refractivity contribution in [1.29, 1.82) is 5.26 Å². The lowest BCUT2D eigenvalue weighted by Crippen LogP contribution is -2.12. The largest absolute Gasteiger partial charge is 0.385 e. The van der Waals surface area contributed by atoms with Crippen molar-refractivity contribution < 1.29 is 0 Å². The maximum atomic E-state index is 8.96. The molecule has 0 radical (unpaired) electrons. The number of nitriles is 1. The number of nitrogens with one attached hydrogen (secondary N) is 1. The van der Waals surface area contributed by atoms with Crippen LogP contribution in [0.25, 0.3) is 11.1 Å². The van der Waals surface area contributed by atoms with Crippen molar-refractivity contribution in [2.45, 2.75) is 19.8 Å². The first-order valence-corrected chi connectivity index (χ1v) is 6.66. The van der Waals surface area contributed by atoms with Gasteiger partial charge in [0.15, 0.2) is 0 Å². The zero-order chi connectivity index (χ0) is 13.2. The normalized spacial score (nSPS) is 13.3. The van der Waals surface area contributed by atoms with Gasteiger partial charge in [0.2, 0.25) is 0 Å². The summed E-state index contributed by atoms with van der Waals surface area (Å²) in [5.41, 5.74) is 7.09. The molecule has 0 bridgehead atoms. The fourth-order valence-corrected chi connectivity index (χ4v) is 2.80. The maximum Gasteiger partial charge on any atom is 0.0991 e. The lowest BCUT2D eigenvalue weighted by Gasteiger charge is -2.21. The van der Waals surface area contributed by atoms with Gasteiger partial charge in [-0.25, -0.2) is 0 Å². The number of nitrogens with zero attached hydrogens (tertiary/aromatic N) is 1. The number of anilines is 1. The summed E-state index contributed by atoms with van der Waals surface area (Å²) in [4.78, 5) is 0. The second-order valence-corrected chi connectivity index (χ2v) is 5.00. The average Bonchev–Trinajstić information content (AvgIpc) is 2.46. The highest BCUT2D eigenvalue weighted by Gasteiger charge is 2.14. The molecule has 94 valence electrons. The number of hydrogen-bond donors (Lipinski definition) is 1. The number of aryl methyl sites for hydroxylation is 1. The molecular weight excluding hydrogens is 232 g/mol. The van der Waals surface area contributed by atoms with E-state index in [4.69, 9.17) is 5.26 Å². The Morgan fingerprint density at radius 2 is 2.05 bits per heavy atom. The highest BCUT2D eigenvalue weighted by molar-refractivity contribution is 5.77. The second kappa shape index (κ2) is 4.78. The highest BCUT2D eigenvalue weighted by atomic mass is 14.9. The van der Waals surface area contributed by atoms with Crippen LogP contribution in [0.3, 0.4) is 0 Å². The van der Waals surface area contributed by atoms with Crippen LogP contribution < -0.4 is 5.32 Å². The molecule has 0 aromatic heterocycles. The van der Waals surface area contributed by atoms with Crippen LogP contribution in [0.2, 0.25) is 0 Å². The predicted octanol–water partition coefficient (Wildman–Crippen LogP) is 3.89. The molecule has 3 rings (SSSR count). The molecule has 1 aliphatic heterocycles. The molecule has 0 fully saturated rings. The first kappa shape index (κ1) is 11.8. The highest BCUT2D eigenvalue weighted by Crippen LogP contribution is 2.34.